The number of hydrogen-bond donors (Lipinski definition) is 1. The smallest absolute Gasteiger partial charge is 0.143 e. The van der Waals surface area contributed by atoms with E-state index >= 15 is 0 Å². The van der Waals surface area contributed by atoms with E-state index < -0.39 is 0 Å². The van der Waals surface area contributed by atoms with Crippen molar-refractivity contribution >= 4 is 28.4 Å². The van der Waals surface area contributed by atoms with Crippen LogP contribution in [0.5, 0.6) is 0 Å². The third-order valence-electron chi connectivity index (χ3n) is 4.45. The van der Waals surface area contributed by atoms with E-state index in [0.29, 0.717) is 5.92 Å². The lowest BCUT2D eigenvalue weighted by Crippen LogP contribution is -2.15. The van der Waals surface area contributed by atoms with Gasteiger partial charge in [-0.3, -0.25) is 0 Å². The molecule has 3 nitrogen and oxygen atoms in total. The summed E-state index contributed by atoms with van der Waals surface area (Å²) in [6.07, 6.45) is 5.55. The molecule has 2 aliphatic carbocycles. The third kappa shape index (κ3) is 2.12. The molecule has 2 fully saturated rings. The van der Waals surface area contributed by atoms with E-state index in [1.165, 1.54) is 29.3 Å². The van der Waals surface area contributed by atoms with Crippen molar-refractivity contribution in [1.29, 1.82) is 0 Å². The SMILES string of the molecule is CCNc1nc(C2CC3CCC2C3)nc(C)c1I. The zero-order chi connectivity index (χ0) is 12.7. The summed E-state index contributed by atoms with van der Waals surface area (Å²) < 4.78 is 1.17. The van der Waals surface area contributed by atoms with E-state index in [-0.39, 0.29) is 0 Å². The van der Waals surface area contributed by atoms with Crippen LogP contribution in [0.1, 0.15) is 50.0 Å². The van der Waals surface area contributed by atoms with E-state index in [1.807, 2.05) is 0 Å². The van der Waals surface area contributed by atoms with Gasteiger partial charge in [-0.25, -0.2) is 9.97 Å². The van der Waals surface area contributed by atoms with Crippen molar-refractivity contribution in [1.82, 2.24) is 9.97 Å². The van der Waals surface area contributed by atoms with Crippen LogP contribution >= 0.6 is 22.6 Å². The molecule has 1 aromatic rings. The number of halogens is 1. The average molecular weight is 357 g/mol. The van der Waals surface area contributed by atoms with Gasteiger partial charge in [0, 0.05) is 12.5 Å². The lowest BCUT2D eigenvalue weighted by Gasteiger charge is -2.21. The molecule has 0 spiro atoms. The molecule has 18 heavy (non-hydrogen) atoms. The van der Waals surface area contributed by atoms with Gasteiger partial charge in [0.05, 0.1) is 9.26 Å². The van der Waals surface area contributed by atoms with Crippen LogP contribution in [-0.4, -0.2) is 16.5 Å². The summed E-state index contributed by atoms with van der Waals surface area (Å²) >= 11 is 2.34. The summed E-state index contributed by atoms with van der Waals surface area (Å²) in [6, 6.07) is 0. The highest BCUT2D eigenvalue weighted by Gasteiger charge is 2.41. The number of aromatic nitrogens is 2. The molecule has 2 aliphatic rings. The number of nitrogens with one attached hydrogen (secondary N) is 1. The van der Waals surface area contributed by atoms with Gasteiger partial charge in [0.2, 0.25) is 0 Å². The second-order valence-electron chi connectivity index (χ2n) is 5.64. The topological polar surface area (TPSA) is 37.8 Å². The maximum Gasteiger partial charge on any atom is 0.143 e. The summed E-state index contributed by atoms with van der Waals surface area (Å²) in [5, 5.41) is 3.37. The monoisotopic (exact) mass is 357 g/mol. The highest BCUT2D eigenvalue weighted by Crippen LogP contribution is 2.52. The van der Waals surface area contributed by atoms with Crippen molar-refractivity contribution in [3.8, 4) is 0 Å². The predicted molar refractivity (Wildman–Crippen MR) is 81.8 cm³/mol. The van der Waals surface area contributed by atoms with E-state index in [1.54, 1.807) is 0 Å². The number of aryl methyl sites for hydroxylation is 1. The lowest BCUT2D eigenvalue weighted by atomic mass is 9.88. The van der Waals surface area contributed by atoms with E-state index in [9.17, 15) is 0 Å². The number of rotatable bonds is 3. The van der Waals surface area contributed by atoms with Gasteiger partial charge >= 0.3 is 0 Å². The van der Waals surface area contributed by atoms with Gasteiger partial charge in [0.25, 0.3) is 0 Å². The first-order valence-electron chi connectivity index (χ1n) is 6.97. The average Bonchev–Trinajstić information content (AvgIpc) is 2.97. The van der Waals surface area contributed by atoms with Gasteiger partial charge < -0.3 is 5.32 Å². The first-order chi connectivity index (χ1) is 8.69. The molecule has 0 saturated heterocycles. The molecular formula is C14H20IN3. The summed E-state index contributed by atoms with van der Waals surface area (Å²) in [7, 11) is 0. The van der Waals surface area contributed by atoms with Crippen molar-refractivity contribution in [2.75, 3.05) is 11.9 Å². The minimum absolute atomic E-state index is 0.622. The maximum atomic E-state index is 4.79. The molecule has 3 rings (SSSR count). The Morgan fingerprint density at radius 3 is 2.72 bits per heavy atom. The molecule has 1 N–H and O–H groups in total. The van der Waals surface area contributed by atoms with Gasteiger partial charge in [0.1, 0.15) is 11.6 Å². The van der Waals surface area contributed by atoms with Crippen molar-refractivity contribution in [2.45, 2.75) is 45.4 Å². The van der Waals surface area contributed by atoms with Crippen LogP contribution < -0.4 is 5.32 Å². The van der Waals surface area contributed by atoms with Gasteiger partial charge in [-0.1, -0.05) is 6.42 Å². The van der Waals surface area contributed by atoms with Crippen LogP contribution in [0.4, 0.5) is 5.82 Å². The Labute approximate surface area is 122 Å². The molecule has 3 unspecified atom stereocenters. The van der Waals surface area contributed by atoms with E-state index in [0.717, 1.165) is 35.7 Å². The van der Waals surface area contributed by atoms with Crippen molar-refractivity contribution < 1.29 is 0 Å². The molecule has 4 heteroatoms. The Morgan fingerprint density at radius 1 is 1.28 bits per heavy atom. The Kier molecular flexibility index (Phi) is 3.47. The molecule has 0 aromatic carbocycles. The van der Waals surface area contributed by atoms with Gasteiger partial charge in [-0.2, -0.15) is 0 Å². The standard InChI is InChI=1S/C14H20IN3/c1-3-16-14-12(15)8(2)17-13(18-14)11-7-9-4-5-10(11)6-9/h9-11H,3-7H2,1-2H3,(H,16,17,18). The van der Waals surface area contributed by atoms with Crippen LogP contribution in [0.3, 0.4) is 0 Å². The Bertz CT molecular complexity index is 461. The predicted octanol–water partition coefficient (Wildman–Crippen LogP) is 3.73. The Balaban J connectivity index is 1.92. The third-order valence-corrected chi connectivity index (χ3v) is 5.74. The molecule has 0 radical (unpaired) electrons. The molecule has 0 aliphatic heterocycles. The molecule has 1 heterocycles. The largest absolute Gasteiger partial charge is 0.369 e. The molecular weight excluding hydrogens is 337 g/mol. The van der Waals surface area contributed by atoms with Gasteiger partial charge in [-0.05, 0) is 67.5 Å². The zero-order valence-corrected chi connectivity index (χ0v) is 13.2. The number of anilines is 1. The van der Waals surface area contributed by atoms with Crippen LogP contribution in [0.25, 0.3) is 0 Å². The Morgan fingerprint density at radius 2 is 2.11 bits per heavy atom. The van der Waals surface area contributed by atoms with Crippen molar-refractivity contribution in [3.63, 3.8) is 0 Å². The minimum Gasteiger partial charge on any atom is -0.369 e. The molecule has 0 amide bonds. The van der Waals surface area contributed by atoms with Crippen molar-refractivity contribution in [2.24, 2.45) is 11.8 Å². The summed E-state index contributed by atoms with van der Waals surface area (Å²) in [5.74, 6) is 4.55. The quantitative estimate of drug-likeness (QED) is 0.838. The van der Waals surface area contributed by atoms with E-state index in [4.69, 9.17) is 9.97 Å². The lowest BCUT2D eigenvalue weighted by molar-refractivity contribution is 0.405. The molecule has 1 aromatic heterocycles. The molecule has 2 saturated carbocycles. The van der Waals surface area contributed by atoms with Crippen LogP contribution in [0.15, 0.2) is 0 Å². The first-order valence-corrected chi connectivity index (χ1v) is 8.04. The zero-order valence-electron chi connectivity index (χ0n) is 11.0. The highest BCUT2D eigenvalue weighted by atomic mass is 127. The normalized spacial score (nSPS) is 29.8. The van der Waals surface area contributed by atoms with Crippen molar-refractivity contribution in [3.05, 3.63) is 15.1 Å². The van der Waals surface area contributed by atoms with Gasteiger partial charge in [0.15, 0.2) is 0 Å². The number of hydrogen-bond acceptors (Lipinski definition) is 3. The second kappa shape index (κ2) is 4.94. The maximum absolute atomic E-state index is 4.79. The van der Waals surface area contributed by atoms with E-state index in [2.05, 4.69) is 41.8 Å². The summed E-state index contributed by atoms with van der Waals surface area (Å²) in [5.41, 5.74) is 1.12. The minimum atomic E-state index is 0.622. The fourth-order valence-corrected chi connectivity index (χ4v) is 4.02. The molecule has 98 valence electrons. The highest BCUT2D eigenvalue weighted by molar-refractivity contribution is 14.1. The number of fused-ring (bicyclic) bond motifs is 2. The van der Waals surface area contributed by atoms with Crippen LogP contribution in [0.2, 0.25) is 0 Å². The Hall–Kier alpha value is -0.390. The fourth-order valence-electron chi connectivity index (χ4n) is 3.59. The summed E-state index contributed by atoms with van der Waals surface area (Å²) in [6.45, 7) is 5.13. The molecule has 3 atom stereocenters. The number of nitrogens with zero attached hydrogens (tertiary/aromatic N) is 2. The molecule has 2 bridgehead atoms. The van der Waals surface area contributed by atoms with Crippen LogP contribution in [-0.2, 0) is 0 Å². The first kappa shape index (κ1) is 12.6. The second-order valence-corrected chi connectivity index (χ2v) is 6.72. The summed E-state index contributed by atoms with van der Waals surface area (Å²) in [4.78, 5) is 9.55. The van der Waals surface area contributed by atoms with Gasteiger partial charge in [-0.15, -0.1) is 0 Å². The van der Waals surface area contributed by atoms with Crippen LogP contribution in [0, 0.1) is 22.3 Å². The fraction of sp³-hybridized carbons (Fsp3) is 0.714.